The SMILES string of the molecule is C=CC(C(CC)CCC)(C1CCCC1)C(O)(C(F)(F)F)C(F)(F)F. The Morgan fingerprint density at radius 1 is 1.04 bits per heavy atom. The van der Waals surface area contributed by atoms with Crippen molar-refractivity contribution in [3.8, 4) is 0 Å². The normalized spacial score (nSPS) is 21.5. The zero-order valence-corrected chi connectivity index (χ0v) is 14.1. The summed E-state index contributed by atoms with van der Waals surface area (Å²) in [6, 6.07) is 0. The van der Waals surface area contributed by atoms with Gasteiger partial charge < -0.3 is 5.11 Å². The molecule has 2 atom stereocenters. The van der Waals surface area contributed by atoms with E-state index in [9.17, 15) is 31.4 Å². The van der Waals surface area contributed by atoms with Crippen molar-refractivity contribution in [2.24, 2.45) is 17.3 Å². The molecule has 1 saturated carbocycles. The van der Waals surface area contributed by atoms with E-state index in [0.29, 0.717) is 19.3 Å². The van der Waals surface area contributed by atoms with Crippen LogP contribution in [-0.2, 0) is 0 Å². The molecule has 0 radical (unpaired) electrons. The van der Waals surface area contributed by atoms with E-state index in [1.54, 1.807) is 13.8 Å². The van der Waals surface area contributed by atoms with Crippen molar-refractivity contribution < 1.29 is 31.4 Å². The Balaban J connectivity index is 3.73. The predicted octanol–water partition coefficient (Wildman–Crippen LogP) is 6.03. The topological polar surface area (TPSA) is 20.2 Å². The number of hydrogen-bond acceptors (Lipinski definition) is 1. The minimum Gasteiger partial charge on any atom is -0.373 e. The van der Waals surface area contributed by atoms with Gasteiger partial charge in [-0.2, -0.15) is 26.3 Å². The lowest BCUT2D eigenvalue weighted by molar-refractivity contribution is -0.409. The minimum atomic E-state index is -5.83. The van der Waals surface area contributed by atoms with Gasteiger partial charge in [0.05, 0.1) is 0 Å². The van der Waals surface area contributed by atoms with Gasteiger partial charge in [-0.15, -0.1) is 6.58 Å². The third-order valence-corrected chi connectivity index (χ3v) is 5.62. The molecule has 1 aliphatic carbocycles. The molecule has 0 spiro atoms. The van der Waals surface area contributed by atoms with E-state index < -0.39 is 35.2 Å². The third kappa shape index (κ3) is 3.08. The summed E-state index contributed by atoms with van der Waals surface area (Å²) < 4.78 is 81.9. The van der Waals surface area contributed by atoms with Gasteiger partial charge in [-0.25, -0.2) is 0 Å². The summed E-state index contributed by atoms with van der Waals surface area (Å²) in [5.74, 6) is -1.84. The minimum absolute atomic E-state index is 0.116. The van der Waals surface area contributed by atoms with Gasteiger partial charge in [0.1, 0.15) is 0 Å². The molecule has 1 aliphatic rings. The molecule has 142 valence electrons. The van der Waals surface area contributed by atoms with Crippen LogP contribution >= 0.6 is 0 Å². The van der Waals surface area contributed by atoms with Gasteiger partial charge in [0.25, 0.3) is 5.60 Å². The monoisotopic (exact) mass is 360 g/mol. The molecule has 0 heterocycles. The standard InChI is InChI=1S/C17H26F6O/c1-4-9-12(5-2)14(6-3,13-10-7-8-11-13)15(24,16(18,19)20)17(21,22)23/h6,12-13,24H,3-5,7-11H2,1-2H3. The number of hydrogen-bond donors (Lipinski definition) is 1. The van der Waals surface area contributed by atoms with Gasteiger partial charge in [0, 0.05) is 5.41 Å². The Morgan fingerprint density at radius 3 is 1.79 bits per heavy atom. The molecular formula is C17H26F6O. The summed E-state index contributed by atoms with van der Waals surface area (Å²) in [7, 11) is 0. The Kier molecular flexibility index (Phi) is 6.45. The molecule has 1 N–H and O–H groups in total. The lowest BCUT2D eigenvalue weighted by Gasteiger charge is -2.54. The van der Waals surface area contributed by atoms with Crippen LogP contribution in [0.2, 0.25) is 0 Å². The smallest absolute Gasteiger partial charge is 0.373 e. The molecule has 7 heteroatoms. The summed E-state index contributed by atoms with van der Waals surface area (Å²) in [5.41, 5.74) is -7.26. The van der Waals surface area contributed by atoms with E-state index in [2.05, 4.69) is 6.58 Å². The first-order valence-electron chi connectivity index (χ1n) is 8.43. The van der Waals surface area contributed by atoms with Crippen molar-refractivity contribution in [3.63, 3.8) is 0 Å². The molecule has 0 bridgehead atoms. The van der Waals surface area contributed by atoms with Gasteiger partial charge in [-0.3, -0.25) is 0 Å². The molecule has 1 rings (SSSR count). The highest BCUT2D eigenvalue weighted by atomic mass is 19.4. The van der Waals surface area contributed by atoms with Crippen LogP contribution in [0.1, 0.15) is 58.8 Å². The van der Waals surface area contributed by atoms with Gasteiger partial charge in [0.15, 0.2) is 0 Å². The Labute approximate surface area is 139 Å². The van der Waals surface area contributed by atoms with Crippen LogP contribution in [0.25, 0.3) is 0 Å². The van der Waals surface area contributed by atoms with Crippen LogP contribution in [0.15, 0.2) is 12.7 Å². The third-order valence-electron chi connectivity index (χ3n) is 5.62. The van der Waals surface area contributed by atoms with E-state index >= 15 is 0 Å². The van der Waals surface area contributed by atoms with Crippen molar-refractivity contribution >= 4 is 0 Å². The first kappa shape index (κ1) is 21.3. The van der Waals surface area contributed by atoms with E-state index in [1.807, 2.05) is 0 Å². The van der Waals surface area contributed by atoms with Crippen molar-refractivity contribution in [3.05, 3.63) is 12.7 Å². The van der Waals surface area contributed by atoms with E-state index in [1.165, 1.54) is 0 Å². The molecule has 24 heavy (non-hydrogen) atoms. The summed E-state index contributed by atoms with van der Waals surface area (Å²) in [6.45, 7) is 6.65. The van der Waals surface area contributed by atoms with Crippen molar-refractivity contribution in [1.29, 1.82) is 0 Å². The van der Waals surface area contributed by atoms with Gasteiger partial charge in [0.2, 0.25) is 0 Å². The average Bonchev–Trinajstić information content (AvgIpc) is 2.99. The molecule has 2 unspecified atom stereocenters. The number of rotatable bonds is 7. The highest BCUT2D eigenvalue weighted by Gasteiger charge is 2.80. The Morgan fingerprint density at radius 2 is 1.50 bits per heavy atom. The van der Waals surface area contributed by atoms with Crippen molar-refractivity contribution in [2.75, 3.05) is 0 Å². The molecule has 0 aromatic carbocycles. The summed E-state index contributed by atoms with van der Waals surface area (Å²) >= 11 is 0. The molecule has 0 saturated heterocycles. The molecule has 0 aromatic heterocycles. The molecule has 1 nitrogen and oxygen atoms in total. The zero-order chi connectivity index (χ0) is 18.8. The second-order valence-corrected chi connectivity index (χ2v) is 6.72. The lowest BCUT2D eigenvalue weighted by Crippen LogP contribution is -2.70. The van der Waals surface area contributed by atoms with Gasteiger partial charge >= 0.3 is 12.4 Å². The molecule has 0 aromatic rings. The second-order valence-electron chi connectivity index (χ2n) is 6.72. The van der Waals surface area contributed by atoms with E-state index in [0.717, 1.165) is 6.08 Å². The maximum absolute atomic E-state index is 13.7. The number of aliphatic hydroxyl groups is 1. The summed E-state index contributed by atoms with van der Waals surface area (Å²) in [5, 5.41) is 10.3. The maximum atomic E-state index is 13.7. The van der Waals surface area contributed by atoms with E-state index in [4.69, 9.17) is 0 Å². The van der Waals surface area contributed by atoms with Crippen LogP contribution in [-0.4, -0.2) is 23.1 Å². The predicted molar refractivity (Wildman–Crippen MR) is 80.3 cm³/mol. The van der Waals surface area contributed by atoms with Crippen molar-refractivity contribution in [1.82, 2.24) is 0 Å². The molecule has 1 fully saturated rings. The van der Waals surface area contributed by atoms with Crippen LogP contribution < -0.4 is 0 Å². The summed E-state index contributed by atoms with van der Waals surface area (Å²) in [6.07, 6.45) is -8.57. The zero-order valence-electron chi connectivity index (χ0n) is 14.1. The van der Waals surface area contributed by atoms with E-state index in [-0.39, 0.29) is 25.7 Å². The fraction of sp³-hybridized carbons (Fsp3) is 0.882. The molecular weight excluding hydrogens is 334 g/mol. The second kappa shape index (κ2) is 7.26. The molecule has 0 aliphatic heterocycles. The van der Waals surface area contributed by atoms with Crippen LogP contribution in [0.4, 0.5) is 26.3 Å². The highest BCUT2D eigenvalue weighted by Crippen LogP contribution is 2.63. The first-order valence-corrected chi connectivity index (χ1v) is 8.43. The maximum Gasteiger partial charge on any atom is 0.427 e. The largest absolute Gasteiger partial charge is 0.427 e. The van der Waals surface area contributed by atoms with Crippen molar-refractivity contribution in [2.45, 2.75) is 76.7 Å². The van der Waals surface area contributed by atoms with Crippen LogP contribution in [0.5, 0.6) is 0 Å². The lowest BCUT2D eigenvalue weighted by atomic mass is 9.54. The Hall–Kier alpha value is -0.720. The number of halogens is 6. The van der Waals surface area contributed by atoms with Gasteiger partial charge in [-0.05, 0) is 31.1 Å². The average molecular weight is 360 g/mol. The molecule has 0 amide bonds. The fourth-order valence-electron chi connectivity index (χ4n) is 4.59. The fourth-order valence-corrected chi connectivity index (χ4v) is 4.59. The first-order chi connectivity index (χ1) is 10.9. The van der Waals surface area contributed by atoms with Gasteiger partial charge in [-0.1, -0.05) is 45.6 Å². The quantitative estimate of drug-likeness (QED) is 0.434. The van der Waals surface area contributed by atoms with Crippen LogP contribution in [0, 0.1) is 17.3 Å². The number of alkyl halides is 6. The van der Waals surface area contributed by atoms with Crippen LogP contribution in [0.3, 0.4) is 0 Å². The highest BCUT2D eigenvalue weighted by molar-refractivity contribution is 5.20. The summed E-state index contributed by atoms with van der Waals surface area (Å²) in [4.78, 5) is 0. The Bertz CT molecular complexity index is 408.